The Morgan fingerprint density at radius 2 is 1.75 bits per heavy atom. The van der Waals surface area contributed by atoms with Crippen LogP contribution in [0.1, 0.15) is 17.3 Å². The van der Waals surface area contributed by atoms with Crippen LogP contribution in [0, 0.1) is 0 Å². The zero-order valence-electron chi connectivity index (χ0n) is 6.69. The summed E-state index contributed by atoms with van der Waals surface area (Å²) in [5.74, 6) is -2.97. The Labute approximate surface area is 70.3 Å². The van der Waals surface area contributed by atoms with Crippen LogP contribution in [0.2, 0.25) is 0 Å². The molecule has 0 aliphatic carbocycles. The highest BCUT2D eigenvalue weighted by Crippen LogP contribution is 2.09. The smallest absolute Gasteiger partial charge is 0.225 e. The predicted octanol–water partition coefficient (Wildman–Crippen LogP) is 0.570. The number of benzene rings is 1. The first-order chi connectivity index (χ1) is 5.52. The van der Waals surface area contributed by atoms with Gasteiger partial charge < -0.3 is 10.2 Å². The van der Waals surface area contributed by atoms with Crippen LogP contribution in [0.3, 0.4) is 0 Å². The van der Waals surface area contributed by atoms with E-state index in [-0.39, 0.29) is 0 Å². The molecule has 0 aliphatic rings. The predicted molar refractivity (Wildman–Crippen MR) is 43.6 cm³/mol. The normalized spacial score (nSPS) is 11.2. The zero-order chi connectivity index (χ0) is 9.19. The third-order valence-electron chi connectivity index (χ3n) is 1.47. The Balaban J connectivity index is 2.94. The summed E-state index contributed by atoms with van der Waals surface area (Å²) >= 11 is 0. The van der Waals surface area contributed by atoms with Crippen LogP contribution in [-0.4, -0.2) is 21.8 Å². The number of Topliss-reactive ketones (excluding diaryl/α,β-unsaturated/α-hetero) is 1. The molecule has 0 saturated carbocycles. The minimum atomic E-state index is -2.28. The second kappa shape index (κ2) is 3.05. The van der Waals surface area contributed by atoms with E-state index in [2.05, 4.69) is 0 Å². The molecule has 0 spiro atoms. The summed E-state index contributed by atoms with van der Waals surface area (Å²) in [5, 5.41) is 17.9. The highest BCUT2D eigenvalue weighted by molar-refractivity contribution is 6.00. The van der Waals surface area contributed by atoms with Crippen LogP contribution >= 0.6 is 0 Å². The molecule has 0 amide bonds. The summed E-state index contributed by atoms with van der Waals surface area (Å²) in [7, 11) is 0. The van der Waals surface area contributed by atoms with E-state index >= 15 is 0 Å². The number of hydrogen-bond donors (Lipinski definition) is 2. The SMILES string of the molecule is CC(O)(O)C(=O)c1ccccc1. The average molecular weight is 166 g/mol. The Kier molecular flexibility index (Phi) is 2.26. The maximum atomic E-state index is 11.2. The first-order valence-corrected chi connectivity index (χ1v) is 3.56. The van der Waals surface area contributed by atoms with Crippen molar-refractivity contribution in [3.05, 3.63) is 35.9 Å². The monoisotopic (exact) mass is 166 g/mol. The van der Waals surface area contributed by atoms with Crippen molar-refractivity contribution in [2.24, 2.45) is 0 Å². The summed E-state index contributed by atoms with van der Waals surface area (Å²) in [6, 6.07) is 8.15. The highest BCUT2D eigenvalue weighted by atomic mass is 16.5. The van der Waals surface area contributed by atoms with E-state index in [1.54, 1.807) is 18.2 Å². The minimum absolute atomic E-state index is 0.296. The number of ketones is 1. The van der Waals surface area contributed by atoms with Crippen LogP contribution in [0.5, 0.6) is 0 Å². The molecule has 0 fully saturated rings. The lowest BCUT2D eigenvalue weighted by Crippen LogP contribution is -2.34. The van der Waals surface area contributed by atoms with Crippen molar-refractivity contribution < 1.29 is 15.0 Å². The van der Waals surface area contributed by atoms with E-state index < -0.39 is 11.6 Å². The van der Waals surface area contributed by atoms with E-state index in [1.165, 1.54) is 12.1 Å². The fraction of sp³-hybridized carbons (Fsp3) is 0.222. The molecule has 0 saturated heterocycles. The van der Waals surface area contributed by atoms with Crippen molar-refractivity contribution in [3.8, 4) is 0 Å². The Bertz CT molecular complexity index is 272. The topological polar surface area (TPSA) is 57.5 Å². The van der Waals surface area contributed by atoms with Gasteiger partial charge in [0.1, 0.15) is 0 Å². The van der Waals surface area contributed by atoms with Crippen molar-refractivity contribution in [1.82, 2.24) is 0 Å². The molecule has 0 aliphatic heterocycles. The minimum Gasteiger partial charge on any atom is -0.360 e. The molecule has 1 rings (SSSR count). The van der Waals surface area contributed by atoms with Gasteiger partial charge in [0, 0.05) is 5.56 Å². The fourth-order valence-corrected chi connectivity index (χ4v) is 0.863. The zero-order valence-corrected chi connectivity index (χ0v) is 6.69. The van der Waals surface area contributed by atoms with Gasteiger partial charge in [0.05, 0.1) is 0 Å². The first-order valence-electron chi connectivity index (χ1n) is 3.56. The second-order valence-corrected chi connectivity index (χ2v) is 2.72. The average Bonchev–Trinajstić information content (AvgIpc) is 2.03. The first kappa shape index (κ1) is 8.90. The van der Waals surface area contributed by atoms with E-state index in [9.17, 15) is 4.79 Å². The van der Waals surface area contributed by atoms with Gasteiger partial charge in [0.2, 0.25) is 11.6 Å². The van der Waals surface area contributed by atoms with Crippen molar-refractivity contribution in [3.63, 3.8) is 0 Å². The Hall–Kier alpha value is -1.19. The van der Waals surface area contributed by atoms with E-state index in [0.29, 0.717) is 5.56 Å². The summed E-state index contributed by atoms with van der Waals surface area (Å²) < 4.78 is 0. The fourth-order valence-electron chi connectivity index (χ4n) is 0.863. The molecule has 64 valence electrons. The second-order valence-electron chi connectivity index (χ2n) is 2.72. The van der Waals surface area contributed by atoms with Crippen LogP contribution in [0.4, 0.5) is 0 Å². The van der Waals surface area contributed by atoms with Gasteiger partial charge in [-0.3, -0.25) is 4.79 Å². The quantitative estimate of drug-likeness (QED) is 0.499. The molecule has 0 bridgehead atoms. The Morgan fingerprint density at radius 3 is 2.17 bits per heavy atom. The molecule has 0 radical (unpaired) electrons. The lowest BCUT2D eigenvalue weighted by molar-refractivity contribution is -0.106. The molecule has 0 unspecified atom stereocenters. The lowest BCUT2D eigenvalue weighted by Gasteiger charge is -2.13. The molecular weight excluding hydrogens is 156 g/mol. The molecule has 1 aromatic carbocycles. The van der Waals surface area contributed by atoms with Crippen LogP contribution < -0.4 is 0 Å². The van der Waals surface area contributed by atoms with Gasteiger partial charge in [-0.1, -0.05) is 30.3 Å². The third-order valence-corrected chi connectivity index (χ3v) is 1.47. The molecule has 3 heteroatoms. The number of aliphatic hydroxyl groups is 2. The van der Waals surface area contributed by atoms with Gasteiger partial charge >= 0.3 is 0 Å². The van der Waals surface area contributed by atoms with Crippen molar-refractivity contribution >= 4 is 5.78 Å². The van der Waals surface area contributed by atoms with Crippen LogP contribution in [0.25, 0.3) is 0 Å². The maximum Gasteiger partial charge on any atom is 0.225 e. The lowest BCUT2D eigenvalue weighted by atomic mass is 10.1. The summed E-state index contributed by atoms with van der Waals surface area (Å²) in [6.07, 6.45) is 0. The number of rotatable bonds is 2. The van der Waals surface area contributed by atoms with E-state index in [1.807, 2.05) is 0 Å². The van der Waals surface area contributed by atoms with Gasteiger partial charge in [-0.2, -0.15) is 0 Å². The third kappa shape index (κ3) is 1.90. The number of hydrogen-bond acceptors (Lipinski definition) is 3. The van der Waals surface area contributed by atoms with Gasteiger partial charge in [-0.25, -0.2) is 0 Å². The van der Waals surface area contributed by atoms with Crippen LogP contribution in [-0.2, 0) is 0 Å². The Morgan fingerprint density at radius 1 is 1.25 bits per heavy atom. The highest BCUT2D eigenvalue weighted by Gasteiger charge is 2.27. The molecule has 3 nitrogen and oxygen atoms in total. The van der Waals surface area contributed by atoms with Crippen molar-refractivity contribution in [2.75, 3.05) is 0 Å². The summed E-state index contributed by atoms with van der Waals surface area (Å²) in [6.45, 7) is 1.04. The van der Waals surface area contributed by atoms with E-state index in [0.717, 1.165) is 6.92 Å². The van der Waals surface area contributed by atoms with Gasteiger partial charge in [0.15, 0.2) is 0 Å². The molecule has 12 heavy (non-hydrogen) atoms. The summed E-state index contributed by atoms with van der Waals surface area (Å²) in [5.41, 5.74) is 0.296. The van der Waals surface area contributed by atoms with Gasteiger partial charge in [-0.15, -0.1) is 0 Å². The largest absolute Gasteiger partial charge is 0.360 e. The maximum absolute atomic E-state index is 11.2. The summed E-state index contributed by atoms with van der Waals surface area (Å²) in [4.78, 5) is 11.2. The molecule has 2 N–H and O–H groups in total. The van der Waals surface area contributed by atoms with Gasteiger partial charge in [0.25, 0.3) is 0 Å². The van der Waals surface area contributed by atoms with E-state index in [4.69, 9.17) is 10.2 Å². The van der Waals surface area contributed by atoms with Gasteiger partial charge in [-0.05, 0) is 6.92 Å². The number of carbonyl (C=O) groups is 1. The molecule has 0 heterocycles. The molecule has 1 aromatic rings. The number of carbonyl (C=O) groups excluding carboxylic acids is 1. The van der Waals surface area contributed by atoms with Crippen molar-refractivity contribution in [2.45, 2.75) is 12.7 Å². The molecule has 0 atom stereocenters. The van der Waals surface area contributed by atoms with Crippen molar-refractivity contribution in [1.29, 1.82) is 0 Å². The standard InChI is InChI=1S/C9H10O3/c1-9(11,12)8(10)7-5-3-2-4-6-7/h2-6,11-12H,1H3. The van der Waals surface area contributed by atoms with Crippen LogP contribution in [0.15, 0.2) is 30.3 Å². The molecular formula is C9H10O3. The molecule has 0 aromatic heterocycles.